The highest BCUT2D eigenvalue weighted by atomic mass is 19.2. The second-order valence-corrected chi connectivity index (χ2v) is 4.74. The molecule has 1 aromatic rings. The van der Waals surface area contributed by atoms with E-state index in [9.17, 15) is 13.6 Å². The van der Waals surface area contributed by atoms with Gasteiger partial charge in [-0.1, -0.05) is 12.8 Å². The number of rotatable bonds is 6. The molecule has 2 rings (SSSR count). The molecule has 1 aromatic carbocycles. The van der Waals surface area contributed by atoms with Gasteiger partial charge >= 0.3 is 0 Å². The van der Waals surface area contributed by atoms with Gasteiger partial charge < -0.3 is 4.74 Å². The monoisotopic (exact) mass is 254 g/mol. The van der Waals surface area contributed by atoms with Crippen LogP contribution in [0.2, 0.25) is 0 Å². The average Bonchev–Trinajstić information content (AvgIpc) is 3.15. The van der Waals surface area contributed by atoms with Gasteiger partial charge in [-0.2, -0.15) is 0 Å². The Kier molecular flexibility index (Phi) is 4.07. The minimum Gasteiger partial charge on any atom is -0.370 e. The van der Waals surface area contributed by atoms with E-state index in [1.165, 1.54) is 18.9 Å². The van der Waals surface area contributed by atoms with Gasteiger partial charge in [0.15, 0.2) is 17.4 Å². The number of hydrogen-bond acceptors (Lipinski definition) is 2. The van der Waals surface area contributed by atoms with Gasteiger partial charge in [0.2, 0.25) is 0 Å². The number of carbonyl (C=O) groups is 1. The second-order valence-electron chi connectivity index (χ2n) is 4.74. The third-order valence-electron chi connectivity index (χ3n) is 3.16. The van der Waals surface area contributed by atoms with Gasteiger partial charge in [0.05, 0.1) is 0 Å². The van der Waals surface area contributed by atoms with Gasteiger partial charge in [-0.15, -0.1) is 0 Å². The Morgan fingerprint density at radius 3 is 2.72 bits per heavy atom. The maximum Gasteiger partial charge on any atom is 0.191 e. The van der Waals surface area contributed by atoms with Crippen molar-refractivity contribution in [3.63, 3.8) is 0 Å². The van der Waals surface area contributed by atoms with Gasteiger partial charge in [0, 0.05) is 12.2 Å². The number of halogens is 2. The largest absolute Gasteiger partial charge is 0.370 e. The molecule has 0 aliphatic heterocycles. The van der Waals surface area contributed by atoms with Gasteiger partial charge in [-0.25, -0.2) is 8.78 Å². The van der Waals surface area contributed by atoms with E-state index < -0.39 is 17.7 Å². The number of Topliss-reactive ketones (excluding diaryl/α,β-unsaturated/α-hetero) is 1. The first-order valence-corrected chi connectivity index (χ1v) is 6.19. The molecule has 1 aliphatic carbocycles. The van der Waals surface area contributed by atoms with Crippen LogP contribution < -0.4 is 0 Å². The molecule has 1 saturated carbocycles. The van der Waals surface area contributed by atoms with Crippen molar-refractivity contribution in [2.24, 2.45) is 5.92 Å². The number of benzene rings is 1. The Hall–Kier alpha value is -1.29. The number of hydrogen-bond donors (Lipinski definition) is 0. The summed E-state index contributed by atoms with van der Waals surface area (Å²) < 4.78 is 31.2. The standard InChI is InChI=1S/C14H16F2O2/c1-9(18-7-6-10-2-3-10)14(17)11-4-5-12(15)13(16)8-11/h4-5,8-10H,2-3,6-7H2,1H3. The van der Waals surface area contributed by atoms with E-state index in [4.69, 9.17) is 4.74 Å². The first kappa shape index (κ1) is 13.1. The van der Waals surface area contributed by atoms with E-state index in [2.05, 4.69) is 0 Å². The molecule has 2 nitrogen and oxygen atoms in total. The average molecular weight is 254 g/mol. The third kappa shape index (κ3) is 3.35. The van der Waals surface area contributed by atoms with Crippen LogP contribution in [-0.2, 0) is 4.74 Å². The lowest BCUT2D eigenvalue weighted by atomic mass is 10.1. The maximum atomic E-state index is 13.0. The first-order chi connectivity index (χ1) is 8.58. The van der Waals surface area contributed by atoms with E-state index >= 15 is 0 Å². The van der Waals surface area contributed by atoms with Crippen molar-refractivity contribution in [3.05, 3.63) is 35.4 Å². The normalized spacial score (nSPS) is 16.6. The maximum absolute atomic E-state index is 13.0. The van der Waals surface area contributed by atoms with Crippen LogP contribution in [0.4, 0.5) is 8.78 Å². The van der Waals surface area contributed by atoms with Crippen LogP contribution in [0, 0.1) is 17.6 Å². The Balaban J connectivity index is 1.89. The molecule has 1 unspecified atom stereocenters. The van der Waals surface area contributed by atoms with Crippen LogP contribution in [0.5, 0.6) is 0 Å². The molecule has 0 amide bonds. The van der Waals surface area contributed by atoms with Crippen LogP contribution in [0.25, 0.3) is 0 Å². The minimum atomic E-state index is -1.01. The van der Waals surface area contributed by atoms with Crippen molar-refractivity contribution in [2.45, 2.75) is 32.3 Å². The second kappa shape index (κ2) is 5.57. The molecule has 0 spiro atoms. The molecule has 4 heteroatoms. The quantitative estimate of drug-likeness (QED) is 0.728. The minimum absolute atomic E-state index is 0.146. The van der Waals surface area contributed by atoms with Crippen molar-refractivity contribution in [2.75, 3.05) is 6.61 Å². The van der Waals surface area contributed by atoms with Crippen molar-refractivity contribution >= 4 is 5.78 Å². The molecule has 0 aromatic heterocycles. The number of carbonyl (C=O) groups excluding carboxylic acids is 1. The summed E-state index contributed by atoms with van der Waals surface area (Å²) in [7, 11) is 0. The molecule has 0 bridgehead atoms. The Morgan fingerprint density at radius 1 is 1.39 bits per heavy atom. The topological polar surface area (TPSA) is 26.3 Å². The molecule has 0 radical (unpaired) electrons. The lowest BCUT2D eigenvalue weighted by Gasteiger charge is -2.12. The Morgan fingerprint density at radius 2 is 2.11 bits per heavy atom. The zero-order valence-electron chi connectivity index (χ0n) is 10.3. The molecule has 1 fully saturated rings. The van der Waals surface area contributed by atoms with E-state index in [1.807, 2.05) is 0 Å². The van der Waals surface area contributed by atoms with Crippen LogP contribution >= 0.6 is 0 Å². The predicted molar refractivity (Wildman–Crippen MR) is 63.4 cm³/mol. The van der Waals surface area contributed by atoms with Gasteiger partial charge in [0.25, 0.3) is 0 Å². The summed E-state index contributed by atoms with van der Waals surface area (Å²) >= 11 is 0. The SMILES string of the molecule is CC(OCCC1CC1)C(=O)c1ccc(F)c(F)c1. The van der Waals surface area contributed by atoms with Crippen LogP contribution in [-0.4, -0.2) is 18.5 Å². The van der Waals surface area contributed by atoms with Crippen molar-refractivity contribution in [1.29, 1.82) is 0 Å². The van der Waals surface area contributed by atoms with E-state index in [1.54, 1.807) is 6.92 Å². The summed E-state index contributed by atoms with van der Waals surface area (Å²) in [6.45, 7) is 2.18. The van der Waals surface area contributed by atoms with Crippen molar-refractivity contribution in [3.8, 4) is 0 Å². The Labute approximate surface area is 105 Å². The van der Waals surface area contributed by atoms with E-state index in [0.29, 0.717) is 6.61 Å². The fraction of sp³-hybridized carbons (Fsp3) is 0.500. The molecule has 18 heavy (non-hydrogen) atoms. The predicted octanol–water partition coefficient (Wildman–Crippen LogP) is 3.35. The van der Waals surface area contributed by atoms with Gasteiger partial charge in [-0.3, -0.25) is 4.79 Å². The first-order valence-electron chi connectivity index (χ1n) is 6.19. The summed E-state index contributed by atoms with van der Waals surface area (Å²) in [6.07, 6.45) is 2.84. The van der Waals surface area contributed by atoms with E-state index in [-0.39, 0.29) is 11.3 Å². The van der Waals surface area contributed by atoms with Crippen molar-refractivity contribution in [1.82, 2.24) is 0 Å². The third-order valence-corrected chi connectivity index (χ3v) is 3.16. The highest BCUT2D eigenvalue weighted by molar-refractivity contribution is 5.99. The molecule has 0 saturated heterocycles. The molecule has 98 valence electrons. The molecule has 1 atom stereocenters. The summed E-state index contributed by atoms with van der Waals surface area (Å²) in [5, 5.41) is 0. The smallest absolute Gasteiger partial charge is 0.191 e. The lowest BCUT2D eigenvalue weighted by Crippen LogP contribution is -2.21. The fourth-order valence-electron chi connectivity index (χ4n) is 1.78. The van der Waals surface area contributed by atoms with Gasteiger partial charge in [-0.05, 0) is 37.5 Å². The van der Waals surface area contributed by atoms with Crippen molar-refractivity contribution < 1.29 is 18.3 Å². The number of ketones is 1. The van der Waals surface area contributed by atoms with Crippen LogP contribution in [0.15, 0.2) is 18.2 Å². The summed E-state index contributed by atoms with van der Waals surface area (Å²) in [5.41, 5.74) is 0.146. The van der Waals surface area contributed by atoms with Gasteiger partial charge in [0.1, 0.15) is 6.10 Å². The lowest BCUT2D eigenvalue weighted by molar-refractivity contribution is 0.0457. The van der Waals surface area contributed by atoms with Crippen LogP contribution in [0.1, 0.15) is 36.5 Å². The molecule has 0 heterocycles. The molecule has 0 N–H and O–H groups in total. The summed E-state index contributed by atoms with van der Waals surface area (Å²) in [4.78, 5) is 11.9. The zero-order valence-corrected chi connectivity index (χ0v) is 10.3. The number of ether oxygens (including phenoxy) is 1. The zero-order chi connectivity index (χ0) is 13.1. The summed E-state index contributed by atoms with van der Waals surface area (Å²) in [5.74, 6) is -1.53. The highest BCUT2D eigenvalue weighted by Gasteiger charge is 2.22. The molecule has 1 aliphatic rings. The van der Waals surface area contributed by atoms with E-state index in [0.717, 1.165) is 24.5 Å². The molecular formula is C14H16F2O2. The molecular weight excluding hydrogens is 238 g/mol. The highest BCUT2D eigenvalue weighted by Crippen LogP contribution is 2.32. The fourth-order valence-corrected chi connectivity index (χ4v) is 1.78. The summed E-state index contributed by atoms with van der Waals surface area (Å²) in [6, 6.07) is 3.15. The van der Waals surface area contributed by atoms with Crippen LogP contribution in [0.3, 0.4) is 0 Å². The Bertz CT molecular complexity index is 441.